The number of carbonyl (C=O) groups is 2. The smallest absolute Gasteiger partial charge is 0.330 e. The monoisotopic (exact) mass is 582 g/mol. The van der Waals surface area contributed by atoms with E-state index < -0.39 is 11.5 Å². The molecular weight excluding hydrogens is 536 g/mol. The Bertz CT molecular complexity index is 1360. The number of aryl methyl sites for hydroxylation is 2. The maximum Gasteiger partial charge on any atom is 0.330 e. The largest absolute Gasteiger partial charge is 0.479 e. The van der Waals surface area contributed by atoms with Gasteiger partial charge in [0.25, 0.3) is 0 Å². The number of anilines is 1. The van der Waals surface area contributed by atoms with Crippen molar-refractivity contribution in [3.8, 4) is 0 Å². The first-order valence-corrected chi connectivity index (χ1v) is 15.8. The molecule has 0 bridgehead atoms. The van der Waals surface area contributed by atoms with Crippen LogP contribution in [0.4, 0.5) is 5.69 Å². The molecule has 0 spiro atoms. The number of nitrogens with zero attached hydrogens (tertiary/aromatic N) is 2. The van der Waals surface area contributed by atoms with E-state index in [1.54, 1.807) is 0 Å². The van der Waals surface area contributed by atoms with Crippen molar-refractivity contribution in [1.29, 1.82) is 0 Å². The lowest BCUT2D eigenvalue weighted by molar-refractivity contribution is -0.146. The van der Waals surface area contributed by atoms with Gasteiger partial charge in [-0.1, -0.05) is 81.1 Å². The van der Waals surface area contributed by atoms with E-state index in [1.165, 1.54) is 35.8 Å². The van der Waals surface area contributed by atoms with Crippen LogP contribution in [0.1, 0.15) is 99.7 Å². The minimum Gasteiger partial charge on any atom is -0.479 e. The zero-order chi connectivity index (χ0) is 30.5. The van der Waals surface area contributed by atoms with Gasteiger partial charge in [0.2, 0.25) is 5.91 Å². The van der Waals surface area contributed by atoms with Crippen molar-refractivity contribution >= 4 is 29.7 Å². The molecule has 2 aromatic carbocycles. The van der Waals surface area contributed by atoms with E-state index in [9.17, 15) is 14.7 Å². The standard InChI is InChI=1S/C37H46N2O4/c1-3-4-12-30-18-20-31(21-19-30)13-6-9-26-43-28-34-16-11-15-33(38-34)23-22-32-14-10-17-35(27-32)39(29(2)40)37(36(41)42)24-7-5-8-25-37/h10-11,14-23,27H,3-9,12-13,24-26,28H2,1-2H3,(H,41,42)/b23-22+. The molecule has 0 atom stereocenters. The van der Waals surface area contributed by atoms with E-state index >= 15 is 0 Å². The molecule has 43 heavy (non-hydrogen) atoms. The second-order valence-electron chi connectivity index (χ2n) is 11.7. The quantitative estimate of drug-likeness (QED) is 0.182. The fourth-order valence-corrected chi connectivity index (χ4v) is 5.98. The zero-order valence-electron chi connectivity index (χ0n) is 25.8. The summed E-state index contributed by atoms with van der Waals surface area (Å²) in [6, 6.07) is 22.4. The highest BCUT2D eigenvalue weighted by Crippen LogP contribution is 2.38. The van der Waals surface area contributed by atoms with Crippen molar-refractivity contribution in [2.75, 3.05) is 11.5 Å². The zero-order valence-corrected chi connectivity index (χ0v) is 25.8. The molecule has 1 N–H and O–H groups in total. The molecule has 3 aromatic rings. The van der Waals surface area contributed by atoms with Crippen molar-refractivity contribution in [3.63, 3.8) is 0 Å². The summed E-state index contributed by atoms with van der Waals surface area (Å²) in [7, 11) is 0. The summed E-state index contributed by atoms with van der Waals surface area (Å²) in [5.41, 5.74) is 4.79. The van der Waals surface area contributed by atoms with E-state index in [2.05, 4.69) is 31.2 Å². The van der Waals surface area contributed by atoms with Gasteiger partial charge >= 0.3 is 5.97 Å². The summed E-state index contributed by atoms with van der Waals surface area (Å²) < 4.78 is 5.92. The Kier molecular flexibility index (Phi) is 12.1. The number of aliphatic carboxylic acids is 1. The highest BCUT2D eigenvalue weighted by atomic mass is 16.5. The van der Waals surface area contributed by atoms with Crippen molar-refractivity contribution in [2.24, 2.45) is 0 Å². The molecule has 1 aliphatic rings. The van der Waals surface area contributed by atoms with Crippen LogP contribution in [-0.4, -0.2) is 34.1 Å². The van der Waals surface area contributed by atoms with Crippen LogP contribution >= 0.6 is 0 Å². The molecule has 0 aliphatic heterocycles. The number of carbonyl (C=O) groups excluding carboxylic acids is 1. The summed E-state index contributed by atoms with van der Waals surface area (Å²) >= 11 is 0. The number of carboxylic acid groups (broad SMARTS) is 1. The Labute approximate surface area is 256 Å². The topological polar surface area (TPSA) is 79.7 Å². The number of amides is 1. The van der Waals surface area contributed by atoms with Crippen LogP contribution in [0.15, 0.2) is 66.7 Å². The van der Waals surface area contributed by atoms with Crippen molar-refractivity contribution in [2.45, 2.75) is 96.6 Å². The second kappa shape index (κ2) is 16.2. The molecule has 0 unspecified atom stereocenters. The lowest BCUT2D eigenvalue weighted by Crippen LogP contribution is -2.58. The number of pyridine rings is 1. The van der Waals surface area contributed by atoms with E-state index in [0.717, 1.165) is 61.9 Å². The molecule has 228 valence electrons. The first-order chi connectivity index (χ1) is 20.9. The van der Waals surface area contributed by atoms with E-state index in [4.69, 9.17) is 9.72 Å². The van der Waals surface area contributed by atoms with Crippen LogP contribution in [0.2, 0.25) is 0 Å². The number of hydrogen-bond acceptors (Lipinski definition) is 4. The normalized spacial score (nSPS) is 14.6. The highest BCUT2D eigenvalue weighted by Gasteiger charge is 2.47. The molecule has 6 nitrogen and oxygen atoms in total. The molecule has 1 saturated carbocycles. The summed E-state index contributed by atoms with van der Waals surface area (Å²) in [5.74, 6) is -1.18. The van der Waals surface area contributed by atoms with Crippen LogP contribution in [0.5, 0.6) is 0 Å². The molecule has 1 fully saturated rings. The molecule has 6 heteroatoms. The second-order valence-corrected chi connectivity index (χ2v) is 11.7. The Morgan fingerprint density at radius 1 is 0.907 bits per heavy atom. The Morgan fingerprint density at radius 3 is 2.28 bits per heavy atom. The number of aromatic nitrogens is 1. The van der Waals surface area contributed by atoms with E-state index in [-0.39, 0.29) is 5.91 Å². The van der Waals surface area contributed by atoms with Gasteiger partial charge in [0.1, 0.15) is 5.54 Å². The van der Waals surface area contributed by atoms with Gasteiger partial charge in [-0.15, -0.1) is 0 Å². The Morgan fingerprint density at radius 2 is 1.60 bits per heavy atom. The third-order valence-electron chi connectivity index (χ3n) is 8.32. The van der Waals surface area contributed by atoms with Gasteiger partial charge in [-0.3, -0.25) is 14.7 Å². The molecular formula is C37H46N2O4. The number of benzene rings is 2. The SMILES string of the molecule is CCCCc1ccc(CCCCOCc2cccc(/C=C/c3cccc(N(C(C)=O)C4(C(=O)O)CCCCC4)c3)n2)cc1. The number of ether oxygens (including phenoxy) is 1. The Hall–Kier alpha value is -3.77. The fraction of sp³-hybridized carbons (Fsp3) is 0.432. The first kappa shape index (κ1) is 32.2. The number of carboxylic acids is 1. The molecule has 1 heterocycles. The van der Waals surface area contributed by atoms with Crippen molar-refractivity contribution < 1.29 is 19.4 Å². The number of rotatable bonds is 15. The molecule has 1 aromatic heterocycles. The molecule has 0 saturated heterocycles. The van der Waals surface area contributed by atoms with Crippen LogP contribution in [0.3, 0.4) is 0 Å². The fourth-order valence-electron chi connectivity index (χ4n) is 5.98. The maximum atomic E-state index is 12.8. The average Bonchev–Trinajstić information content (AvgIpc) is 3.02. The van der Waals surface area contributed by atoms with E-state index in [0.29, 0.717) is 31.7 Å². The molecule has 1 aliphatic carbocycles. The van der Waals surface area contributed by atoms with Crippen LogP contribution in [0.25, 0.3) is 12.2 Å². The van der Waals surface area contributed by atoms with Gasteiger partial charge in [0, 0.05) is 19.2 Å². The minimum atomic E-state index is -1.19. The lowest BCUT2D eigenvalue weighted by atomic mass is 9.79. The summed E-state index contributed by atoms with van der Waals surface area (Å²) in [4.78, 5) is 31.4. The Balaban J connectivity index is 1.29. The third kappa shape index (κ3) is 9.11. The van der Waals surface area contributed by atoms with Crippen molar-refractivity contribution in [1.82, 2.24) is 4.98 Å². The van der Waals surface area contributed by atoms with Gasteiger partial charge in [-0.2, -0.15) is 0 Å². The van der Waals surface area contributed by atoms with Crippen LogP contribution < -0.4 is 4.90 Å². The predicted molar refractivity (Wildman–Crippen MR) is 174 cm³/mol. The van der Waals surface area contributed by atoms with Gasteiger partial charge in [-0.05, 0) is 92.0 Å². The molecule has 4 rings (SSSR count). The highest BCUT2D eigenvalue weighted by molar-refractivity contribution is 6.00. The van der Waals surface area contributed by atoms with Crippen LogP contribution in [-0.2, 0) is 33.8 Å². The number of hydrogen-bond donors (Lipinski definition) is 1. The number of unbranched alkanes of at least 4 members (excludes halogenated alkanes) is 2. The lowest BCUT2D eigenvalue weighted by Gasteiger charge is -2.42. The van der Waals surface area contributed by atoms with Gasteiger partial charge < -0.3 is 9.84 Å². The minimum absolute atomic E-state index is 0.253. The van der Waals surface area contributed by atoms with Gasteiger partial charge in [0.15, 0.2) is 0 Å². The summed E-state index contributed by atoms with van der Waals surface area (Å²) in [6.07, 6.45) is 14.2. The summed E-state index contributed by atoms with van der Waals surface area (Å²) in [6.45, 7) is 4.85. The van der Waals surface area contributed by atoms with Crippen molar-refractivity contribution in [3.05, 3.63) is 94.8 Å². The average molecular weight is 583 g/mol. The predicted octanol–water partition coefficient (Wildman–Crippen LogP) is 8.27. The first-order valence-electron chi connectivity index (χ1n) is 15.8. The summed E-state index contributed by atoms with van der Waals surface area (Å²) in [5, 5.41) is 10.2. The van der Waals surface area contributed by atoms with Gasteiger partial charge in [0.05, 0.1) is 18.0 Å². The third-order valence-corrected chi connectivity index (χ3v) is 8.32. The van der Waals surface area contributed by atoms with Crippen LogP contribution in [0, 0.1) is 0 Å². The maximum absolute atomic E-state index is 12.8. The van der Waals surface area contributed by atoms with Gasteiger partial charge in [-0.25, -0.2) is 4.79 Å². The molecule has 1 amide bonds. The van der Waals surface area contributed by atoms with E-state index in [1.807, 2.05) is 54.6 Å². The molecule has 0 radical (unpaired) electrons.